The molecule has 0 spiro atoms. The SMILES string of the molecule is Cc1cccc(Nc2c3ccccc3nc3c(C(=O)O)cccc23)c1C. The molecule has 0 aliphatic carbocycles. The number of benzene rings is 3. The van der Waals surface area contributed by atoms with Crippen LogP contribution in [0.25, 0.3) is 21.8 Å². The number of fused-ring (bicyclic) bond motifs is 2. The van der Waals surface area contributed by atoms with Crippen LogP contribution in [0.5, 0.6) is 0 Å². The lowest BCUT2D eigenvalue weighted by molar-refractivity contribution is 0.0699. The van der Waals surface area contributed by atoms with Crippen LogP contribution in [0.1, 0.15) is 21.5 Å². The van der Waals surface area contributed by atoms with Crippen LogP contribution in [0.3, 0.4) is 0 Å². The molecule has 128 valence electrons. The Labute approximate surface area is 151 Å². The summed E-state index contributed by atoms with van der Waals surface area (Å²) in [5.74, 6) is -0.976. The third-order valence-electron chi connectivity index (χ3n) is 4.81. The largest absolute Gasteiger partial charge is 0.478 e. The summed E-state index contributed by atoms with van der Waals surface area (Å²) in [7, 11) is 0. The van der Waals surface area contributed by atoms with Gasteiger partial charge in [0.25, 0.3) is 0 Å². The Hall–Kier alpha value is -3.40. The number of anilines is 2. The number of hydrogen-bond acceptors (Lipinski definition) is 3. The number of aromatic carboxylic acids is 1. The molecule has 0 aliphatic heterocycles. The van der Waals surface area contributed by atoms with Crippen LogP contribution in [-0.4, -0.2) is 16.1 Å². The van der Waals surface area contributed by atoms with Crippen LogP contribution in [0.4, 0.5) is 11.4 Å². The third kappa shape index (κ3) is 2.56. The summed E-state index contributed by atoms with van der Waals surface area (Å²) in [6.07, 6.45) is 0. The number of aryl methyl sites for hydroxylation is 1. The highest BCUT2D eigenvalue weighted by molar-refractivity contribution is 6.13. The van der Waals surface area contributed by atoms with Crippen molar-refractivity contribution in [3.63, 3.8) is 0 Å². The van der Waals surface area contributed by atoms with E-state index in [0.717, 1.165) is 33.2 Å². The third-order valence-corrected chi connectivity index (χ3v) is 4.81. The first kappa shape index (κ1) is 16.1. The predicted octanol–water partition coefficient (Wildman–Crippen LogP) is 5.45. The molecule has 0 unspecified atom stereocenters. The summed E-state index contributed by atoms with van der Waals surface area (Å²) in [4.78, 5) is 16.3. The summed E-state index contributed by atoms with van der Waals surface area (Å²) in [5, 5.41) is 14.8. The zero-order valence-electron chi connectivity index (χ0n) is 14.6. The predicted molar refractivity (Wildman–Crippen MR) is 105 cm³/mol. The van der Waals surface area contributed by atoms with E-state index in [4.69, 9.17) is 0 Å². The van der Waals surface area contributed by atoms with E-state index in [1.807, 2.05) is 42.5 Å². The fourth-order valence-corrected chi connectivity index (χ4v) is 3.24. The van der Waals surface area contributed by atoms with Crippen LogP contribution in [-0.2, 0) is 0 Å². The maximum atomic E-state index is 11.7. The zero-order valence-corrected chi connectivity index (χ0v) is 14.6. The van der Waals surface area contributed by atoms with E-state index in [1.165, 1.54) is 5.56 Å². The number of nitrogens with zero attached hydrogens (tertiary/aromatic N) is 1. The van der Waals surface area contributed by atoms with Crippen LogP contribution in [0.15, 0.2) is 60.7 Å². The summed E-state index contributed by atoms with van der Waals surface area (Å²) >= 11 is 0. The van der Waals surface area contributed by atoms with Crippen molar-refractivity contribution in [1.82, 2.24) is 4.98 Å². The molecule has 0 bridgehead atoms. The summed E-state index contributed by atoms with van der Waals surface area (Å²) in [6, 6.07) is 19.2. The monoisotopic (exact) mass is 342 g/mol. The molecule has 4 nitrogen and oxygen atoms in total. The number of carboxylic acid groups (broad SMARTS) is 1. The second kappa shape index (κ2) is 6.15. The molecule has 1 heterocycles. The molecule has 26 heavy (non-hydrogen) atoms. The van der Waals surface area contributed by atoms with Gasteiger partial charge in [-0.15, -0.1) is 0 Å². The fraction of sp³-hybridized carbons (Fsp3) is 0.0909. The molecule has 0 atom stereocenters. The van der Waals surface area contributed by atoms with Crippen molar-refractivity contribution in [3.05, 3.63) is 77.4 Å². The summed E-state index contributed by atoms with van der Waals surface area (Å²) in [5.41, 5.74) is 5.70. The van der Waals surface area contributed by atoms with E-state index in [0.29, 0.717) is 5.52 Å². The van der Waals surface area contributed by atoms with Crippen molar-refractivity contribution >= 4 is 39.1 Å². The first-order valence-electron chi connectivity index (χ1n) is 8.44. The first-order valence-corrected chi connectivity index (χ1v) is 8.44. The van der Waals surface area contributed by atoms with Gasteiger partial charge in [0.1, 0.15) is 0 Å². The second-order valence-corrected chi connectivity index (χ2v) is 6.38. The van der Waals surface area contributed by atoms with Gasteiger partial charge in [-0.1, -0.05) is 42.5 Å². The van der Waals surface area contributed by atoms with Gasteiger partial charge in [0.05, 0.1) is 22.3 Å². The Kier molecular flexibility index (Phi) is 3.81. The topological polar surface area (TPSA) is 62.2 Å². The fourth-order valence-electron chi connectivity index (χ4n) is 3.24. The highest BCUT2D eigenvalue weighted by atomic mass is 16.4. The number of nitrogens with one attached hydrogen (secondary N) is 1. The van der Waals surface area contributed by atoms with Gasteiger partial charge in [-0.3, -0.25) is 0 Å². The Morgan fingerprint density at radius 2 is 1.65 bits per heavy atom. The van der Waals surface area contributed by atoms with Crippen LogP contribution < -0.4 is 5.32 Å². The maximum Gasteiger partial charge on any atom is 0.337 e. The van der Waals surface area contributed by atoms with Crippen molar-refractivity contribution < 1.29 is 9.90 Å². The summed E-state index contributed by atoms with van der Waals surface area (Å²) < 4.78 is 0. The lowest BCUT2D eigenvalue weighted by atomic mass is 10.0. The zero-order chi connectivity index (χ0) is 18.3. The Morgan fingerprint density at radius 1 is 0.923 bits per heavy atom. The van der Waals surface area contributed by atoms with Crippen molar-refractivity contribution in [3.8, 4) is 0 Å². The Morgan fingerprint density at radius 3 is 2.46 bits per heavy atom. The molecule has 4 rings (SSSR count). The van der Waals surface area contributed by atoms with E-state index in [1.54, 1.807) is 12.1 Å². The Bertz CT molecular complexity index is 1170. The molecule has 0 saturated carbocycles. The van der Waals surface area contributed by atoms with Gasteiger partial charge >= 0.3 is 5.97 Å². The van der Waals surface area contributed by atoms with Crippen LogP contribution in [0, 0.1) is 13.8 Å². The summed E-state index contributed by atoms with van der Waals surface area (Å²) in [6.45, 7) is 4.15. The first-order chi connectivity index (χ1) is 12.6. The molecule has 0 radical (unpaired) electrons. The average Bonchev–Trinajstić information content (AvgIpc) is 2.64. The number of aromatic nitrogens is 1. The van der Waals surface area contributed by atoms with Gasteiger partial charge in [-0.25, -0.2) is 9.78 Å². The number of carboxylic acids is 1. The smallest absolute Gasteiger partial charge is 0.337 e. The van der Waals surface area contributed by atoms with Gasteiger partial charge in [0, 0.05) is 16.5 Å². The van der Waals surface area contributed by atoms with Crippen LogP contribution >= 0.6 is 0 Å². The minimum absolute atomic E-state index is 0.206. The number of para-hydroxylation sites is 2. The van der Waals surface area contributed by atoms with E-state index < -0.39 is 5.97 Å². The lowest BCUT2D eigenvalue weighted by Gasteiger charge is -2.16. The standard InChI is InChI=1S/C22H18N2O2/c1-13-7-5-12-18(14(13)2)23-20-15-8-3-4-11-19(15)24-21-16(20)9-6-10-17(21)22(25)26/h3-12H,1-2H3,(H,23,24)(H,25,26). The molecule has 0 saturated heterocycles. The molecule has 4 heteroatoms. The molecule has 4 aromatic rings. The van der Waals surface area contributed by atoms with Gasteiger partial charge in [-0.05, 0) is 43.2 Å². The van der Waals surface area contributed by atoms with Crippen molar-refractivity contribution in [1.29, 1.82) is 0 Å². The van der Waals surface area contributed by atoms with Crippen LogP contribution in [0.2, 0.25) is 0 Å². The molecule has 3 aromatic carbocycles. The van der Waals surface area contributed by atoms with Crippen molar-refractivity contribution in [2.75, 3.05) is 5.32 Å². The molecule has 1 aromatic heterocycles. The normalized spacial score (nSPS) is 11.0. The number of rotatable bonds is 3. The average molecular weight is 342 g/mol. The highest BCUT2D eigenvalue weighted by Crippen LogP contribution is 2.35. The van der Waals surface area contributed by atoms with Gasteiger partial charge < -0.3 is 10.4 Å². The van der Waals surface area contributed by atoms with E-state index in [-0.39, 0.29) is 5.56 Å². The molecular formula is C22H18N2O2. The van der Waals surface area contributed by atoms with Gasteiger partial charge in [0.2, 0.25) is 0 Å². The maximum absolute atomic E-state index is 11.7. The molecular weight excluding hydrogens is 324 g/mol. The van der Waals surface area contributed by atoms with E-state index in [9.17, 15) is 9.90 Å². The van der Waals surface area contributed by atoms with Crippen molar-refractivity contribution in [2.24, 2.45) is 0 Å². The van der Waals surface area contributed by atoms with Gasteiger partial charge in [-0.2, -0.15) is 0 Å². The van der Waals surface area contributed by atoms with E-state index >= 15 is 0 Å². The lowest BCUT2D eigenvalue weighted by Crippen LogP contribution is -2.02. The number of hydrogen-bond donors (Lipinski definition) is 2. The minimum Gasteiger partial charge on any atom is -0.478 e. The van der Waals surface area contributed by atoms with Crippen molar-refractivity contribution in [2.45, 2.75) is 13.8 Å². The van der Waals surface area contributed by atoms with E-state index in [2.05, 4.69) is 30.2 Å². The number of carbonyl (C=O) groups is 1. The quantitative estimate of drug-likeness (QED) is 0.486. The minimum atomic E-state index is -0.976. The Balaban J connectivity index is 2.06. The molecule has 0 fully saturated rings. The molecule has 2 N–H and O–H groups in total. The highest BCUT2D eigenvalue weighted by Gasteiger charge is 2.15. The number of pyridine rings is 1. The second-order valence-electron chi connectivity index (χ2n) is 6.38. The van der Waals surface area contributed by atoms with Gasteiger partial charge in [0.15, 0.2) is 0 Å². The molecule has 0 amide bonds. The molecule has 0 aliphatic rings.